The first-order valence-corrected chi connectivity index (χ1v) is 13.1. The van der Waals surface area contributed by atoms with Crippen LogP contribution in [-0.2, 0) is 22.6 Å². The van der Waals surface area contributed by atoms with E-state index in [0.717, 1.165) is 40.6 Å². The minimum absolute atomic E-state index is 0.0780. The van der Waals surface area contributed by atoms with Gasteiger partial charge in [0.2, 0.25) is 0 Å². The molecule has 1 aromatic heterocycles. The zero-order chi connectivity index (χ0) is 26.6. The van der Waals surface area contributed by atoms with Crippen LogP contribution in [0.1, 0.15) is 80.3 Å². The SMILES string of the molecule is COC(=O)c1ccc2c(C3CCCCC3)c(-c3ccccc3CO)n(CCNC(=O)OC(C)(C)C)c2c1. The van der Waals surface area contributed by atoms with E-state index in [2.05, 4.69) is 9.88 Å². The van der Waals surface area contributed by atoms with Crippen LogP contribution in [0, 0.1) is 0 Å². The molecule has 1 aliphatic rings. The van der Waals surface area contributed by atoms with Crippen LogP contribution in [0.4, 0.5) is 4.79 Å². The number of hydrogen-bond acceptors (Lipinski definition) is 5. The third-order valence-electron chi connectivity index (χ3n) is 6.98. The largest absolute Gasteiger partial charge is 0.465 e. The molecule has 7 nitrogen and oxygen atoms in total. The van der Waals surface area contributed by atoms with Gasteiger partial charge < -0.3 is 24.5 Å². The molecule has 0 bridgehead atoms. The number of esters is 1. The Morgan fingerprint density at radius 1 is 1.08 bits per heavy atom. The number of alkyl carbamates (subject to hydrolysis) is 1. The second-order valence-corrected chi connectivity index (χ2v) is 10.7. The van der Waals surface area contributed by atoms with E-state index in [1.54, 1.807) is 0 Å². The molecule has 3 aromatic rings. The molecule has 2 aromatic carbocycles. The lowest BCUT2D eigenvalue weighted by atomic mass is 9.81. The van der Waals surface area contributed by atoms with E-state index in [1.165, 1.54) is 31.9 Å². The van der Waals surface area contributed by atoms with Crippen LogP contribution in [0.25, 0.3) is 22.2 Å². The Kier molecular flexibility index (Phi) is 8.22. The molecule has 7 heteroatoms. The first kappa shape index (κ1) is 26.7. The fourth-order valence-corrected chi connectivity index (χ4v) is 5.42. The van der Waals surface area contributed by atoms with Crippen molar-refractivity contribution in [3.8, 4) is 11.3 Å². The van der Waals surface area contributed by atoms with Crippen LogP contribution in [0.2, 0.25) is 0 Å². The summed E-state index contributed by atoms with van der Waals surface area (Å²) in [5.74, 6) is -0.0138. The maximum atomic E-state index is 12.4. The fraction of sp³-hybridized carbons (Fsp3) is 0.467. The Balaban J connectivity index is 1.88. The maximum Gasteiger partial charge on any atom is 0.407 e. The van der Waals surface area contributed by atoms with Crippen LogP contribution in [0.5, 0.6) is 0 Å². The number of rotatable bonds is 7. The average Bonchev–Trinajstić information content (AvgIpc) is 3.20. The van der Waals surface area contributed by atoms with Crippen LogP contribution >= 0.6 is 0 Å². The number of amides is 1. The van der Waals surface area contributed by atoms with Crippen molar-refractivity contribution in [3.63, 3.8) is 0 Å². The van der Waals surface area contributed by atoms with Crippen molar-refractivity contribution in [2.24, 2.45) is 0 Å². The Bertz CT molecular complexity index is 1260. The smallest absolute Gasteiger partial charge is 0.407 e. The van der Waals surface area contributed by atoms with Crippen LogP contribution < -0.4 is 5.32 Å². The number of aromatic nitrogens is 1. The summed E-state index contributed by atoms with van der Waals surface area (Å²) in [6, 6.07) is 13.6. The molecule has 2 N–H and O–H groups in total. The van der Waals surface area contributed by atoms with Gasteiger partial charge in [0.1, 0.15) is 5.60 Å². The average molecular weight is 507 g/mol. The lowest BCUT2D eigenvalue weighted by molar-refractivity contribution is 0.0525. The van der Waals surface area contributed by atoms with Gasteiger partial charge in [-0.3, -0.25) is 0 Å². The predicted octanol–water partition coefficient (Wildman–Crippen LogP) is 6.16. The quantitative estimate of drug-likeness (QED) is 0.375. The van der Waals surface area contributed by atoms with Crippen LogP contribution in [-0.4, -0.2) is 41.0 Å². The van der Waals surface area contributed by atoms with Gasteiger partial charge >= 0.3 is 12.1 Å². The third kappa shape index (κ3) is 5.99. The highest BCUT2D eigenvalue weighted by atomic mass is 16.6. The van der Waals surface area contributed by atoms with E-state index in [9.17, 15) is 14.7 Å². The van der Waals surface area contributed by atoms with Gasteiger partial charge in [0.05, 0.1) is 25.0 Å². The van der Waals surface area contributed by atoms with Crippen molar-refractivity contribution >= 4 is 23.0 Å². The van der Waals surface area contributed by atoms with E-state index >= 15 is 0 Å². The third-order valence-corrected chi connectivity index (χ3v) is 6.98. The highest BCUT2D eigenvalue weighted by molar-refractivity contribution is 5.99. The summed E-state index contributed by atoms with van der Waals surface area (Å²) in [5, 5.41) is 14.2. The molecule has 0 spiro atoms. The summed E-state index contributed by atoms with van der Waals surface area (Å²) in [6.07, 6.45) is 5.33. The van der Waals surface area contributed by atoms with Crippen molar-refractivity contribution in [3.05, 3.63) is 59.2 Å². The van der Waals surface area contributed by atoms with Gasteiger partial charge in [-0.15, -0.1) is 0 Å². The standard InChI is InChI=1S/C30H38N2O5/c1-30(2,3)37-29(35)31-16-17-32-25-18-21(28(34)36-4)14-15-24(25)26(20-10-6-5-7-11-20)27(32)23-13-9-8-12-22(23)19-33/h8-9,12-15,18,20,33H,5-7,10-11,16-17,19H2,1-4H3,(H,31,35). The van der Waals surface area contributed by atoms with Crippen LogP contribution in [0.3, 0.4) is 0 Å². The number of aliphatic hydroxyl groups excluding tert-OH is 1. The minimum atomic E-state index is -0.584. The van der Waals surface area contributed by atoms with Crippen molar-refractivity contribution in [2.75, 3.05) is 13.7 Å². The number of aliphatic hydroxyl groups is 1. The lowest BCUT2D eigenvalue weighted by Crippen LogP contribution is -2.34. The number of nitrogens with one attached hydrogen (secondary N) is 1. The summed E-state index contributed by atoms with van der Waals surface area (Å²) >= 11 is 0. The van der Waals surface area contributed by atoms with E-state index in [1.807, 2.05) is 63.2 Å². The van der Waals surface area contributed by atoms with Crippen molar-refractivity contribution in [2.45, 2.75) is 77.5 Å². The molecule has 1 amide bonds. The number of benzene rings is 2. The highest BCUT2D eigenvalue weighted by Gasteiger charge is 2.28. The Morgan fingerprint density at radius 3 is 2.49 bits per heavy atom. The number of carbonyl (C=O) groups excluding carboxylic acids is 2. The van der Waals surface area contributed by atoms with Gasteiger partial charge in [-0.1, -0.05) is 49.6 Å². The molecule has 0 radical (unpaired) electrons. The van der Waals surface area contributed by atoms with E-state index in [0.29, 0.717) is 24.6 Å². The predicted molar refractivity (Wildman–Crippen MR) is 145 cm³/mol. The molecular formula is C30H38N2O5. The fourth-order valence-electron chi connectivity index (χ4n) is 5.42. The Hall–Kier alpha value is -3.32. The second kappa shape index (κ2) is 11.4. The van der Waals surface area contributed by atoms with E-state index in [4.69, 9.17) is 9.47 Å². The van der Waals surface area contributed by atoms with Crippen LogP contribution in [0.15, 0.2) is 42.5 Å². The lowest BCUT2D eigenvalue weighted by Gasteiger charge is -2.24. The number of hydrogen-bond donors (Lipinski definition) is 2. The zero-order valence-electron chi connectivity index (χ0n) is 22.3. The monoisotopic (exact) mass is 506 g/mol. The van der Waals surface area contributed by atoms with Crippen molar-refractivity contribution < 1.29 is 24.2 Å². The van der Waals surface area contributed by atoms with Gasteiger partial charge in [0.25, 0.3) is 0 Å². The normalized spacial score (nSPS) is 14.5. The van der Waals surface area contributed by atoms with Gasteiger partial charge in [-0.25, -0.2) is 9.59 Å². The first-order valence-electron chi connectivity index (χ1n) is 13.1. The maximum absolute atomic E-state index is 12.4. The van der Waals surface area contributed by atoms with Gasteiger partial charge in [-0.2, -0.15) is 0 Å². The molecule has 0 saturated heterocycles. The first-order chi connectivity index (χ1) is 17.7. The van der Waals surface area contributed by atoms with Gasteiger partial charge in [-0.05, 0) is 62.8 Å². The summed E-state index contributed by atoms with van der Waals surface area (Å²) in [7, 11) is 1.38. The number of ether oxygens (including phenoxy) is 2. The zero-order valence-corrected chi connectivity index (χ0v) is 22.3. The number of methoxy groups -OCH3 is 1. The molecule has 0 atom stereocenters. The molecule has 1 heterocycles. The minimum Gasteiger partial charge on any atom is -0.465 e. The molecule has 198 valence electrons. The molecular weight excluding hydrogens is 468 g/mol. The molecule has 1 aliphatic carbocycles. The van der Waals surface area contributed by atoms with Crippen molar-refractivity contribution in [1.82, 2.24) is 9.88 Å². The molecule has 1 saturated carbocycles. The number of carbonyl (C=O) groups is 2. The molecule has 1 fully saturated rings. The topological polar surface area (TPSA) is 89.8 Å². The summed E-state index contributed by atoms with van der Waals surface area (Å²) < 4.78 is 12.6. The molecule has 0 aliphatic heterocycles. The Morgan fingerprint density at radius 2 is 1.81 bits per heavy atom. The summed E-state index contributed by atoms with van der Waals surface area (Å²) in [4.78, 5) is 24.8. The molecule has 0 unspecified atom stereocenters. The number of fused-ring (bicyclic) bond motifs is 1. The van der Waals surface area contributed by atoms with E-state index < -0.39 is 17.7 Å². The molecule has 4 rings (SSSR count). The van der Waals surface area contributed by atoms with E-state index in [-0.39, 0.29) is 6.61 Å². The molecule has 37 heavy (non-hydrogen) atoms. The van der Waals surface area contributed by atoms with Crippen molar-refractivity contribution in [1.29, 1.82) is 0 Å². The Labute approximate surface area is 218 Å². The van der Waals surface area contributed by atoms with Gasteiger partial charge in [0, 0.05) is 29.6 Å². The number of nitrogens with zero attached hydrogens (tertiary/aromatic N) is 1. The summed E-state index contributed by atoms with van der Waals surface area (Å²) in [6.45, 7) is 6.25. The highest BCUT2D eigenvalue weighted by Crippen LogP contribution is 2.45. The second-order valence-electron chi connectivity index (χ2n) is 10.7. The summed E-state index contributed by atoms with van der Waals surface area (Å²) in [5.41, 5.74) is 4.92. The van der Waals surface area contributed by atoms with Gasteiger partial charge in [0.15, 0.2) is 0 Å².